The maximum absolute atomic E-state index is 13.4. The smallest absolute Gasteiger partial charge is 0.343 e. The molecule has 0 fully saturated rings. The van der Waals surface area contributed by atoms with Gasteiger partial charge in [-0.15, -0.1) is 0 Å². The van der Waals surface area contributed by atoms with Crippen molar-refractivity contribution in [2.24, 2.45) is 0 Å². The molecule has 5 rings (SSSR count). The Morgan fingerprint density at radius 3 is 2.46 bits per heavy atom. The molecule has 0 saturated carbocycles. The van der Waals surface area contributed by atoms with Gasteiger partial charge in [-0.3, -0.25) is 19.3 Å². The lowest BCUT2D eigenvalue weighted by Gasteiger charge is -2.10. The Balaban J connectivity index is 1.60. The van der Waals surface area contributed by atoms with Crippen molar-refractivity contribution in [1.29, 1.82) is 0 Å². The summed E-state index contributed by atoms with van der Waals surface area (Å²) in [5.41, 5.74) is 2.11. The van der Waals surface area contributed by atoms with Gasteiger partial charge in [0, 0.05) is 24.6 Å². The third kappa shape index (κ3) is 4.01. The summed E-state index contributed by atoms with van der Waals surface area (Å²) in [5, 5.41) is 7.51. The van der Waals surface area contributed by atoms with Crippen LogP contribution < -0.4 is 11.1 Å². The zero-order valence-electron chi connectivity index (χ0n) is 19.3. The van der Waals surface area contributed by atoms with Gasteiger partial charge in [-0.25, -0.2) is 9.78 Å². The monoisotopic (exact) mass is 469 g/mol. The molecule has 1 N–H and O–H groups in total. The van der Waals surface area contributed by atoms with Crippen LogP contribution in [0.5, 0.6) is 0 Å². The maximum atomic E-state index is 13.4. The number of hydrogen-bond acceptors (Lipinski definition) is 6. The Hall–Kier alpha value is -4.53. The molecular formula is C26H23N5O4. The molecule has 0 unspecified atom stereocenters. The van der Waals surface area contributed by atoms with Crippen molar-refractivity contribution in [3.05, 3.63) is 98.5 Å². The summed E-state index contributed by atoms with van der Waals surface area (Å²) in [6, 6.07) is 14.9. The number of nitrogens with one attached hydrogen (secondary N) is 1. The predicted molar refractivity (Wildman–Crippen MR) is 132 cm³/mol. The van der Waals surface area contributed by atoms with Crippen molar-refractivity contribution in [3.63, 3.8) is 0 Å². The lowest BCUT2D eigenvalue weighted by Crippen LogP contribution is -2.23. The highest BCUT2D eigenvalue weighted by Crippen LogP contribution is 2.19. The molecule has 9 nitrogen and oxygen atoms in total. The lowest BCUT2D eigenvalue weighted by atomic mass is 10.1. The van der Waals surface area contributed by atoms with Gasteiger partial charge in [0.2, 0.25) is 0 Å². The number of esters is 1. The first-order chi connectivity index (χ1) is 17.0. The van der Waals surface area contributed by atoms with E-state index in [0.717, 1.165) is 5.56 Å². The van der Waals surface area contributed by atoms with Crippen LogP contribution in [0.25, 0.3) is 27.6 Å². The molecule has 0 saturated heterocycles. The summed E-state index contributed by atoms with van der Waals surface area (Å²) < 4.78 is 8.02. The summed E-state index contributed by atoms with van der Waals surface area (Å²) >= 11 is 0. The van der Waals surface area contributed by atoms with Crippen LogP contribution in [0.1, 0.15) is 28.5 Å². The quantitative estimate of drug-likeness (QED) is 0.302. The number of benzene rings is 1. The molecule has 0 aliphatic carbocycles. The molecule has 0 aliphatic heterocycles. The number of pyridine rings is 3. The van der Waals surface area contributed by atoms with Crippen LogP contribution in [0.2, 0.25) is 0 Å². The second-order valence-electron chi connectivity index (χ2n) is 8.16. The molecule has 4 aromatic heterocycles. The van der Waals surface area contributed by atoms with Crippen LogP contribution in [0.4, 0.5) is 0 Å². The number of H-pyrrole nitrogens is 1. The fourth-order valence-corrected chi connectivity index (χ4v) is 4.14. The first kappa shape index (κ1) is 22.3. The average molecular weight is 470 g/mol. The van der Waals surface area contributed by atoms with Crippen LogP contribution >= 0.6 is 0 Å². The Kier molecular flexibility index (Phi) is 5.74. The van der Waals surface area contributed by atoms with Gasteiger partial charge < -0.3 is 9.30 Å². The van der Waals surface area contributed by atoms with Gasteiger partial charge in [-0.2, -0.15) is 5.10 Å². The van der Waals surface area contributed by atoms with E-state index >= 15 is 0 Å². The van der Waals surface area contributed by atoms with Crippen molar-refractivity contribution in [1.82, 2.24) is 24.3 Å². The number of carbonyl (C=O) groups excluding carboxylic acids is 1. The Bertz CT molecular complexity index is 1680. The van der Waals surface area contributed by atoms with E-state index in [0.29, 0.717) is 35.1 Å². The summed E-state index contributed by atoms with van der Waals surface area (Å²) in [5.74, 6) is -0.431. The predicted octanol–water partition coefficient (Wildman–Crippen LogP) is 3.15. The summed E-state index contributed by atoms with van der Waals surface area (Å²) in [7, 11) is 0. The van der Waals surface area contributed by atoms with E-state index < -0.39 is 11.5 Å². The maximum Gasteiger partial charge on any atom is 0.343 e. The molecule has 9 heteroatoms. The van der Waals surface area contributed by atoms with Gasteiger partial charge in [0.1, 0.15) is 5.56 Å². The van der Waals surface area contributed by atoms with E-state index in [1.165, 1.54) is 10.8 Å². The van der Waals surface area contributed by atoms with Crippen molar-refractivity contribution in [2.75, 3.05) is 6.61 Å². The minimum Gasteiger partial charge on any atom is -0.462 e. The zero-order valence-corrected chi connectivity index (χ0v) is 19.3. The van der Waals surface area contributed by atoms with Crippen LogP contribution in [0.3, 0.4) is 0 Å². The number of hydrogen-bond donors (Lipinski definition) is 1. The van der Waals surface area contributed by atoms with E-state index in [1.54, 1.807) is 42.8 Å². The van der Waals surface area contributed by atoms with E-state index in [1.807, 2.05) is 30.3 Å². The zero-order chi connectivity index (χ0) is 24.5. The molecule has 1 aromatic carbocycles. The number of nitrogens with zero attached hydrogens (tertiary/aromatic N) is 4. The van der Waals surface area contributed by atoms with E-state index in [-0.39, 0.29) is 28.9 Å². The van der Waals surface area contributed by atoms with Crippen molar-refractivity contribution in [3.8, 4) is 5.82 Å². The molecule has 0 atom stereocenters. The van der Waals surface area contributed by atoms with Gasteiger partial charge in [0.05, 0.1) is 28.4 Å². The fraction of sp³-hybridized carbons (Fsp3) is 0.192. The molecule has 0 radical (unpaired) electrons. The number of aryl methyl sites for hydroxylation is 3. The van der Waals surface area contributed by atoms with Crippen molar-refractivity contribution < 1.29 is 9.53 Å². The lowest BCUT2D eigenvalue weighted by molar-refractivity contribution is 0.0525. The average Bonchev–Trinajstić information content (AvgIpc) is 3.25. The topological polar surface area (TPSA) is 112 Å². The first-order valence-corrected chi connectivity index (χ1v) is 11.3. The van der Waals surface area contributed by atoms with Crippen LogP contribution in [0.15, 0.2) is 70.5 Å². The van der Waals surface area contributed by atoms with E-state index in [2.05, 4.69) is 15.2 Å². The number of carbonyl (C=O) groups is 1. The van der Waals surface area contributed by atoms with E-state index in [9.17, 15) is 14.4 Å². The number of aromatic nitrogens is 5. The molecule has 0 spiro atoms. The van der Waals surface area contributed by atoms with Crippen LogP contribution in [-0.2, 0) is 17.7 Å². The largest absolute Gasteiger partial charge is 0.462 e. The van der Waals surface area contributed by atoms with Gasteiger partial charge in [0.25, 0.3) is 11.1 Å². The summed E-state index contributed by atoms with van der Waals surface area (Å²) in [4.78, 5) is 43.6. The highest BCUT2D eigenvalue weighted by Gasteiger charge is 2.22. The van der Waals surface area contributed by atoms with Gasteiger partial charge in [-0.05, 0) is 44.0 Å². The summed E-state index contributed by atoms with van der Waals surface area (Å²) in [6.07, 6.45) is 3.95. The van der Waals surface area contributed by atoms with Crippen molar-refractivity contribution in [2.45, 2.75) is 26.8 Å². The molecule has 176 valence electrons. The minimum atomic E-state index is -0.571. The molecule has 0 amide bonds. The standard InChI is InChI=1S/C26H23N5O4/c1-3-35-26(34)22-16(2)28-29-23(22)31-14-11-21-19(25(31)33)15-18-20(27-21)10-13-30(24(18)32)12-9-17-7-5-4-6-8-17/h4-8,10-11,13-15H,3,9,12H2,1-2H3,(H,28,29). The number of ether oxygens (including phenoxy) is 1. The normalized spacial score (nSPS) is 11.3. The first-order valence-electron chi connectivity index (χ1n) is 11.3. The third-order valence-corrected chi connectivity index (χ3v) is 5.94. The third-order valence-electron chi connectivity index (χ3n) is 5.94. The Morgan fingerprint density at radius 2 is 1.71 bits per heavy atom. The van der Waals surface area contributed by atoms with Gasteiger partial charge >= 0.3 is 5.97 Å². The van der Waals surface area contributed by atoms with Gasteiger partial charge in [-0.1, -0.05) is 30.3 Å². The molecule has 0 bridgehead atoms. The number of aromatic amines is 1. The van der Waals surface area contributed by atoms with Crippen LogP contribution in [-0.4, -0.2) is 36.9 Å². The second-order valence-corrected chi connectivity index (χ2v) is 8.16. The molecule has 5 aromatic rings. The Morgan fingerprint density at radius 1 is 1.00 bits per heavy atom. The number of rotatable bonds is 6. The minimum absolute atomic E-state index is 0.140. The highest BCUT2D eigenvalue weighted by atomic mass is 16.5. The Labute approximate surface area is 199 Å². The highest BCUT2D eigenvalue weighted by molar-refractivity contribution is 5.95. The molecule has 0 aliphatic rings. The fourth-order valence-electron chi connectivity index (χ4n) is 4.14. The van der Waals surface area contributed by atoms with Crippen LogP contribution in [0, 0.1) is 6.92 Å². The molecule has 4 heterocycles. The van der Waals surface area contributed by atoms with E-state index in [4.69, 9.17) is 4.74 Å². The SMILES string of the molecule is CCOC(=O)c1c(-n2ccc3nc4ccn(CCc5ccccc5)c(=O)c4cc3c2=O)n[nH]c1C. The second kappa shape index (κ2) is 9.02. The van der Waals surface area contributed by atoms with Crippen molar-refractivity contribution >= 4 is 27.8 Å². The molecule has 35 heavy (non-hydrogen) atoms. The summed E-state index contributed by atoms with van der Waals surface area (Å²) in [6.45, 7) is 4.09. The van der Waals surface area contributed by atoms with Gasteiger partial charge in [0.15, 0.2) is 5.82 Å². The number of fused-ring (bicyclic) bond motifs is 2. The molecular weight excluding hydrogens is 446 g/mol.